The van der Waals surface area contributed by atoms with E-state index in [1.165, 1.54) is 12.8 Å². The lowest BCUT2D eigenvalue weighted by molar-refractivity contribution is 0.167. The van der Waals surface area contributed by atoms with Gasteiger partial charge in [-0.3, -0.25) is 0 Å². The van der Waals surface area contributed by atoms with E-state index in [1.807, 2.05) is 0 Å². The standard InChI is InChI=1S/C15H34N2/c1-12(2)10-15(6)17(7)14(5)8-9-16-11-13(3)4/h12-16H,8-11H2,1-7H3. The van der Waals surface area contributed by atoms with Gasteiger partial charge in [0.15, 0.2) is 0 Å². The van der Waals surface area contributed by atoms with Crippen LogP contribution in [-0.4, -0.2) is 37.1 Å². The maximum Gasteiger partial charge on any atom is 0.00787 e. The van der Waals surface area contributed by atoms with E-state index in [9.17, 15) is 0 Å². The van der Waals surface area contributed by atoms with Crippen molar-refractivity contribution in [3.8, 4) is 0 Å². The summed E-state index contributed by atoms with van der Waals surface area (Å²) in [6.45, 7) is 16.1. The molecule has 2 nitrogen and oxygen atoms in total. The second kappa shape index (κ2) is 8.93. The first kappa shape index (κ1) is 16.9. The Kier molecular flexibility index (Phi) is 8.89. The van der Waals surface area contributed by atoms with Gasteiger partial charge in [0.05, 0.1) is 0 Å². The molecule has 0 aliphatic carbocycles. The zero-order valence-electron chi connectivity index (χ0n) is 13.1. The third-order valence-electron chi connectivity index (χ3n) is 3.49. The molecule has 0 aliphatic heterocycles. The highest BCUT2D eigenvalue weighted by Gasteiger charge is 2.16. The molecule has 0 radical (unpaired) electrons. The zero-order valence-corrected chi connectivity index (χ0v) is 13.1. The third kappa shape index (κ3) is 8.62. The highest BCUT2D eigenvalue weighted by molar-refractivity contribution is 4.72. The Labute approximate surface area is 109 Å². The molecule has 2 atom stereocenters. The highest BCUT2D eigenvalue weighted by atomic mass is 15.1. The van der Waals surface area contributed by atoms with E-state index < -0.39 is 0 Å². The van der Waals surface area contributed by atoms with Gasteiger partial charge >= 0.3 is 0 Å². The minimum atomic E-state index is 0.670. The largest absolute Gasteiger partial charge is 0.316 e. The summed E-state index contributed by atoms with van der Waals surface area (Å²) < 4.78 is 0. The molecule has 17 heavy (non-hydrogen) atoms. The lowest BCUT2D eigenvalue weighted by Gasteiger charge is -2.32. The minimum Gasteiger partial charge on any atom is -0.316 e. The summed E-state index contributed by atoms with van der Waals surface area (Å²) in [5, 5.41) is 3.52. The Morgan fingerprint density at radius 3 is 1.94 bits per heavy atom. The molecule has 0 saturated carbocycles. The fourth-order valence-electron chi connectivity index (χ4n) is 2.19. The van der Waals surface area contributed by atoms with Crippen molar-refractivity contribution in [3.63, 3.8) is 0 Å². The van der Waals surface area contributed by atoms with Crippen molar-refractivity contribution in [2.45, 2.75) is 66.5 Å². The van der Waals surface area contributed by atoms with Crippen molar-refractivity contribution >= 4 is 0 Å². The van der Waals surface area contributed by atoms with E-state index in [0.717, 1.165) is 24.9 Å². The van der Waals surface area contributed by atoms with Gasteiger partial charge in [0.2, 0.25) is 0 Å². The topological polar surface area (TPSA) is 15.3 Å². The summed E-state index contributed by atoms with van der Waals surface area (Å²) >= 11 is 0. The first-order valence-corrected chi connectivity index (χ1v) is 7.27. The number of hydrogen-bond donors (Lipinski definition) is 1. The van der Waals surface area contributed by atoms with E-state index in [-0.39, 0.29) is 0 Å². The van der Waals surface area contributed by atoms with Crippen molar-refractivity contribution in [1.29, 1.82) is 0 Å². The normalized spacial score (nSPS) is 15.9. The quantitative estimate of drug-likeness (QED) is 0.624. The second-order valence-electron chi connectivity index (χ2n) is 6.38. The molecular weight excluding hydrogens is 208 g/mol. The van der Waals surface area contributed by atoms with Gasteiger partial charge in [-0.2, -0.15) is 0 Å². The Morgan fingerprint density at radius 2 is 1.47 bits per heavy atom. The smallest absolute Gasteiger partial charge is 0.00787 e. The first-order chi connectivity index (χ1) is 7.84. The summed E-state index contributed by atoms with van der Waals surface area (Å²) in [6, 6.07) is 1.36. The maximum absolute atomic E-state index is 3.52. The predicted octanol–water partition coefficient (Wildman–Crippen LogP) is 3.38. The van der Waals surface area contributed by atoms with Crippen molar-refractivity contribution < 1.29 is 0 Å². The molecule has 0 aromatic carbocycles. The predicted molar refractivity (Wildman–Crippen MR) is 78.5 cm³/mol. The molecule has 0 bridgehead atoms. The number of rotatable bonds is 9. The van der Waals surface area contributed by atoms with Crippen molar-refractivity contribution in [3.05, 3.63) is 0 Å². The van der Waals surface area contributed by atoms with Crippen LogP contribution < -0.4 is 5.32 Å². The lowest BCUT2D eigenvalue weighted by Crippen LogP contribution is -2.39. The van der Waals surface area contributed by atoms with E-state index in [4.69, 9.17) is 0 Å². The monoisotopic (exact) mass is 242 g/mol. The average molecular weight is 242 g/mol. The van der Waals surface area contributed by atoms with E-state index >= 15 is 0 Å². The average Bonchev–Trinajstić information content (AvgIpc) is 2.21. The van der Waals surface area contributed by atoms with Crippen LogP contribution in [0.4, 0.5) is 0 Å². The highest BCUT2D eigenvalue weighted by Crippen LogP contribution is 2.13. The molecule has 104 valence electrons. The lowest BCUT2D eigenvalue weighted by atomic mass is 10.0. The van der Waals surface area contributed by atoms with Gasteiger partial charge in [-0.05, 0) is 58.7 Å². The second-order valence-corrected chi connectivity index (χ2v) is 6.38. The summed E-state index contributed by atoms with van der Waals surface area (Å²) in [6.07, 6.45) is 2.53. The van der Waals surface area contributed by atoms with E-state index in [1.54, 1.807) is 0 Å². The molecule has 0 rings (SSSR count). The molecule has 0 aromatic rings. The molecule has 0 saturated heterocycles. The van der Waals surface area contributed by atoms with Gasteiger partial charge < -0.3 is 10.2 Å². The molecule has 0 fully saturated rings. The van der Waals surface area contributed by atoms with E-state index in [2.05, 4.69) is 58.8 Å². The summed E-state index contributed by atoms with van der Waals surface area (Å²) in [4.78, 5) is 2.52. The molecule has 2 unspecified atom stereocenters. The van der Waals surface area contributed by atoms with Crippen LogP contribution >= 0.6 is 0 Å². The van der Waals surface area contributed by atoms with Crippen molar-refractivity contribution in [1.82, 2.24) is 10.2 Å². The van der Waals surface area contributed by atoms with Gasteiger partial charge in [-0.15, -0.1) is 0 Å². The minimum absolute atomic E-state index is 0.670. The molecular formula is C15H34N2. The number of nitrogens with one attached hydrogen (secondary N) is 1. The number of nitrogens with zero attached hydrogens (tertiary/aromatic N) is 1. The zero-order chi connectivity index (χ0) is 13.4. The van der Waals surface area contributed by atoms with Crippen LogP contribution in [0.5, 0.6) is 0 Å². The summed E-state index contributed by atoms with van der Waals surface area (Å²) in [5.74, 6) is 1.54. The molecule has 2 heteroatoms. The van der Waals surface area contributed by atoms with E-state index in [0.29, 0.717) is 12.1 Å². The fraction of sp³-hybridized carbons (Fsp3) is 1.00. The summed E-state index contributed by atoms with van der Waals surface area (Å²) in [5.41, 5.74) is 0. The molecule has 1 N–H and O–H groups in total. The van der Waals surface area contributed by atoms with Crippen molar-refractivity contribution in [2.75, 3.05) is 20.1 Å². The Balaban J connectivity index is 3.76. The fourth-order valence-corrected chi connectivity index (χ4v) is 2.19. The van der Waals surface area contributed by atoms with Crippen LogP contribution in [0, 0.1) is 11.8 Å². The van der Waals surface area contributed by atoms with Crippen LogP contribution in [0.1, 0.15) is 54.4 Å². The van der Waals surface area contributed by atoms with Gasteiger partial charge in [-0.25, -0.2) is 0 Å². The SMILES string of the molecule is CC(C)CNCCC(C)N(C)C(C)CC(C)C. The maximum atomic E-state index is 3.52. The van der Waals surface area contributed by atoms with Crippen LogP contribution in [0.15, 0.2) is 0 Å². The molecule has 0 aliphatic rings. The van der Waals surface area contributed by atoms with Gasteiger partial charge in [0.25, 0.3) is 0 Å². The van der Waals surface area contributed by atoms with Gasteiger partial charge in [-0.1, -0.05) is 27.7 Å². The Morgan fingerprint density at radius 1 is 0.882 bits per heavy atom. The van der Waals surface area contributed by atoms with Crippen molar-refractivity contribution in [2.24, 2.45) is 11.8 Å². The number of hydrogen-bond acceptors (Lipinski definition) is 2. The third-order valence-corrected chi connectivity index (χ3v) is 3.49. The van der Waals surface area contributed by atoms with Crippen LogP contribution in [-0.2, 0) is 0 Å². The first-order valence-electron chi connectivity index (χ1n) is 7.27. The van der Waals surface area contributed by atoms with Gasteiger partial charge in [0, 0.05) is 12.1 Å². The molecule has 0 heterocycles. The molecule has 0 aromatic heterocycles. The Bertz CT molecular complexity index is 178. The molecule has 0 spiro atoms. The molecule has 0 amide bonds. The Hall–Kier alpha value is -0.0800. The van der Waals surface area contributed by atoms with Gasteiger partial charge in [0.1, 0.15) is 0 Å². The summed E-state index contributed by atoms with van der Waals surface area (Å²) in [7, 11) is 2.26. The van der Waals surface area contributed by atoms with Crippen LogP contribution in [0.3, 0.4) is 0 Å². The van der Waals surface area contributed by atoms with Crippen LogP contribution in [0.25, 0.3) is 0 Å². The van der Waals surface area contributed by atoms with Crippen LogP contribution in [0.2, 0.25) is 0 Å².